The minimum atomic E-state index is -0.0363. The average Bonchev–Trinajstić information content (AvgIpc) is 2.38. The Labute approximate surface area is 152 Å². The first-order valence-electron chi connectivity index (χ1n) is 8.26. The van der Waals surface area contributed by atoms with Crippen molar-refractivity contribution in [2.45, 2.75) is 77.8 Å². The van der Waals surface area contributed by atoms with Gasteiger partial charge in [-0.05, 0) is 40.5 Å². The predicted molar refractivity (Wildman–Crippen MR) is 104 cm³/mol. The van der Waals surface area contributed by atoms with Crippen molar-refractivity contribution in [3.05, 3.63) is 0 Å². The number of amides is 1. The third-order valence-electron chi connectivity index (χ3n) is 3.42. The Morgan fingerprint density at radius 2 is 1.82 bits per heavy atom. The van der Waals surface area contributed by atoms with Crippen LogP contribution in [-0.4, -0.2) is 36.5 Å². The summed E-state index contributed by atoms with van der Waals surface area (Å²) in [6.45, 7) is 9.65. The van der Waals surface area contributed by atoms with Crippen LogP contribution in [0.1, 0.15) is 66.2 Å². The lowest BCUT2D eigenvalue weighted by molar-refractivity contribution is -0.121. The molecule has 0 aliphatic heterocycles. The van der Waals surface area contributed by atoms with Crippen LogP contribution >= 0.6 is 24.0 Å². The van der Waals surface area contributed by atoms with Gasteiger partial charge in [-0.3, -0.25) is 9.79 Å². The second-order valence-electron chi connectivity index (χ2n) is 6.79. The average molecular weight is 424 g/mol. The van der Waals surface area contributed by atoms with E-state index in [0.717, 1.165) is 25.3 Å². The van der Waals surface area contributed by atoms with Gasteiger partial charge in [0.1, 0.15) is 0 Å². The predicted octanol–water partition coefficient (Wildman–Crippen LogP) is 2.80. The monoisotopic (exact) mass is 424 g/mol. The lowest BCUT2D eigenvalue weighted by Crippen LogP contribution is -2.47. The summed E-state index contributed by atoms with van der Waals surface area (Å²) in [7, 11) is 0. The third-order valence-corrected chi connectivity index (χ3v) is 3.42. The van der Waals surface area contributed by atoms with Gasteiger partial charge in [-0.1, -0.05) is 19.3 Å². The summed E-state index contributed by atoms with van der Waals surface area (Å²) in [6, 6.07) is 0.385. The second-order valence-corrected chi connectivity index (χ2v) is 6.79. The maximum absolute atomic E-state index is 11.9. The minimum absolute atomic E-state index is 0. The van der Waals surface area contributed by atoms with E-state index in [-0.39, 0.29) is 35.4 Å². The molecule has 1 fully saturated rings. The fraction of sp³-hybridized carbons (Fsp3) is 0.875. The fourth-order valence-electron chi connectivity index (χ4n) is 2.48. The number of hydrogen-bond acceptors (Lipinski definition) is 2. The topological polar surface area (TPSA) is 65.5 Å². The summed E-state index contributed by atoms with van der Waals surface area (Å²) >= 11 is 0. The number of aliphatic imine (C=N–C) groups is 1. The molecule has 0 bridgehead atoms. The molecule has 0 unspecified atom stereocenters. The number of guanidine groups is 1. The highest BCUT2D eigenvalue weighted by Gasteiger charge is 2.15. The standard InChI is InChI=1S/C16H32N4O.HI/c1-5-17-15(20-16(2,3)4)18-12-11-14(21)19-13-9-7-6-8-10-13;/h13H,5-12H2,1-4H3,(H,19,21)(H2,17,18,20);1H. The highest BCUT2D eigenvalue weighted by Crippen LogP contribution is 2.17. The van der Waals surface area contributed by atoms with Gasteiger partial charge in [0.15, 0.2) is 5.96 Å². The first-order chi connectivity index (χ1) is 9.90. The Balaban J connectivity index is 0.00000441. The van der Waals surface area contributed by atoms with E-state index in [9.17, 15) is 4.79 Å². The van der Waals surface area contributed by atoms with E-state index in [1.54, 1.807) is 0 Å². The highest BCUT2D eigenvalue weighted by molar-refractivity contribution is 14.0. The largest absolute Gasteiger partial charge is 0.357 e. The molecule has 0 aromatic rings. The molecule has 1 aliphatic carbocycles. The minimum Gasteiger partial charge on any atom is -0.357 e. The molecule has 6 heteroatoms. The summed E-state index contributed by atoms with van der Waals surface area (Å²) in [5.41, 5.74) is -0.0363. The van der Waals surface area contributed by atoms with Crippen molar-refractivity contribution in [3.8, 4) is 0 Å². The molecular formula is C16H33IN4O. The fourth-order valence-corrected chi connectivity index (χ4v) is 2.48. The normalized spacial score (nSPS) is 16.6. The Morgan fingerprint density at radius 3 is 2.36 bits per heavy atom. The molecule has 130 valence electrons. The van der Waals surface area contributed by atoms with Crippen molar-refractivity contribution < 1.29 is 4.79 Å². The van der Waals surface area contributed by atoms with Crippen LogP contribution in [0.3, 0.4) is 0 Å². The lowest BCUT2D eigenvalue weighted by atomic mass is 9.95. The first kappa shape index (κ1) is 21.5. The van der Waals surface area contributed by atoms with Gasteiger partial charge in [0.25, 0.3) is 0 Å². The van der Waals surface area contributed by atoms with Gasteiger partial charge in [-0.25, -0.2) is 0 Å². The van der Waals surface area contributed by atoms with Gasteiger partial charge in [0, 0.05) is 24.5 Å². The van der Waals surface area contributed by atoms with Crippen molar-refractivity contribution in [1.29, 1.82) is 0 Å². The SMILES string of the molecule is CCNC(=NCCC(=O)NC1CCCCC1)NC(C)(C)C.I. The van der Waals surface area contributed by atoms with Crippen LogP contribution in [0.2, 0.25) is 0 Å². The molecule has 0 radical (unpaired) electrons. The summed E-state index contributed by atoms with van der Waals surface area (Å²) in [4.78, 5) is 16.4. The molecule has 1 saturated carbocycles. The lowest BCUT2D eigenvalue weighted by Gasteiger charge is -2.24. The molecule has 0 aromatic heterocycles. The van der Waals surface area contributed by atoms with E-state index >= 15 is 0 Å². The van der Waals surface area contributed by atoms with E-state index in [4.69, 9.17) is 0 Å². The van der Waals surface area contributed by atoms with Gasteiger partial charge >= 0.3 is 0 Å². The molecule has 1 aliphatic rings. The zero-order chi connectivity index (χ0) is 15.7. The highest BCUT2D eigenvalue weighted by atomic mass is 127. The van der Waals surface area contributed by atoms with Crippen LogP contribution in [0, 0.1) is 0 Å². The molecule has 0 heterocycles. The zero-order valence-electron chi connectivity index (χ0n) is 14.5. The van der Waals surface area contributed by atoms with Gasteiger partial charge in [0.05, 0.1) is 6.54 Å². The second kappa shape index (κ2) is 11.1. The quantitative estimate of drug-likeness (QED) is 0.361. The molecule has 0 spiro atoms. The summed E-state index contributed by atoms with van der Waals surface area (Å²) in [5.74, 6) is 0.896. The van der Waals surface area contributed by atoms with E-state index < -0.39 is 0 Å². The van der Waals surface area contributed by atoms with Crippen LogP contribution in [0.15, 0.2) is 4.99 Å². The number of halogens is 1. The van der Waals surface area contributed by atoms with Gasteiger partial charge < -0.3 is 16.0 Å². The number of hydrogen-bond donors (Lipinski definition) is 3. The molecule has 1 amide bonds. The van der Waals surface area contributed by atoms with Crippen LogP contribution in [0.4, 0.5) is 0 Å². The van der Waals surface area contributed by atoms with Gasteiger partial charge in [0.2, 0.25) is 5.91 Å². The zero-order valence-corrected chi connectivity index (χ0v) is 16.8. The van der Waals surface area contributed by atoms with Crippen molar-refractivity contribution in [2.24, 2.45) is 4.99 Å². The summed E-state index contributed by atoms with van der Waals surface area (Å²) in [5, 5.41) is 9.64. The Kier molecular flexibility index (Phi) is 10.8. The van der Waals surface area contributed by atoms with Crippen LogP contribution < -0.4 is 16.0 Å². The van der Waals surface area contributed by atoms with E-state index in [0.29, 0.717) is 19.0 Å². The van der Waals surface area contributed by atoms with Crippen LogP contribution in [0.25, 0.3) is 0 Å². The smallest absolute Gasteiger partial charge is 0.222 e. The van der Waals surface area contributed by atoms with E-state index in [1.807, 2.05) is 6.92 Å². The number of carbonyl (C=O) groups is 1. The van der Waals surface area contributed by atoms with Crippen molar-refractivity contribution >= 4 is 35.8 Å². The van der Waals surface area contributed by atoms with Crippen molar-refractivity contribution in [3.63, 3.8) is 0 Å². The summed E-state index contributed by atoms with van der Waals surface area (Å²) in [6.07, 6.45) is 6.50. The first-order valence-corrected chi connectivity index (χ1v) is 8.26. The van der Waals surface area contributed by atoms with Gasteiger partial charge in [-0.2, -0.15) is 0 Å². The Hall–Kier alpha value is -0.530. The van der Waals surface area contributed by atoms with Crippen molar-refractivity contribution in [2.75, 3.05) is 13.1 Å². The summed E-state index contributed by atoms with van der Waals surface area (Å²) < 4.78 is 0. The molecule has 5 nitrogen and oxygen atoms in total. The molecule has 0 atom stereocenters. The van der Waals surface area contributed by atoms with Crippen molar-refractivity contribution in [1.82, 2.24) is 16.0 Å². The number of nitrogens with zero attached hydrogens (tertiary/aromatic N) is 1. The van der Waals surface area contributed by atoms with E-state index in [1.165, 1.54) is 19.3 Å². The molecule has 0 aromatic carbocycles. The molecule has 1 rings (SSSR count). The number of carbonyl (C=O) groups excluding carboxylic acids is 1. The third kappa shape index (κ3) is 10.2. The Bertz CT molecular complexity index is 347. The molecule has 3 N–H and O–H groups in total. The maximum atomic E-state index is 11.9. The number of rotatable bonds is 5. The maximum Gasteiger partial charge on any atom is 0.222 e. The molecule has 22 heavy (non-hydrogen) atoms. The molecular weight excluding hydrogens is 391 g/mol. The molecule has 0 saturated heterocycles. The Morgan fingerprint density at radius 1 is 1.18 bits per heavy atom. The van der Waals surface area contributed by atoms with Crippen LogP contribution in [0.5, 0.6) is 0 Å². The van der Waals surface area contributed by atoms with Crippen LogP contribution in [-0.2, 0) is 4.79 Å². The van der Waals surface area contributed by atoms with Gasteiger partial charge in [-0.15, -0.1) is 24.0 Å². The number of nitrogens with one attached hydrogen (secondary N) is 3. The van der Waals surface area contributed by atoms with E-state index in [2.05, 4.69) is 41.7 Å².